The Bertz CT molecular complexity index is 1520. The van der Waals surface area contributed by atoms with Crippen molar-refractivity contribution in [2.75, 3.05) is 35.4 Å². The van der Waals surface area contributed by atoms with Crippen molar-refractivity contribution in [2.24, 2.45) is 5.16 Å². The van der Waals surface area contributed by atoms with Gasteiger partial charge in [0.1, 0.15) is 12.0 Å². The number of alkyl halides is 3. The highest BCUT2D eigenvalue weighted by molar-refractivity contribution is 9.10. The van der Waals surface area contributed by atoms with Crippen molar-refractivity contribution < 1.29 is 50.2 Å². The summed E-state index contributed by atoms with van der Waals surface area (Å²) in [5.41, 5.74) is 4.44. The molecule has 226 valence electrons. The fraction of sp³-hybridized carbons (Fsp3) is 0.261. The molecule has 4 rings (SSSR count). The normalized spacial score (nSPS) is 15.0. The number of benzene rings is 2. The zero-order valence-corrected chi connectivity index (χ0v) is 23.5. The molecule has 0 atom stereocenters. The molecule has 42 heavy (non-hydrogen) atoms. The molecule has 1 aromatic heterocycles. The van der Waals surface area contributed by atoms with Crippen LogP contribution < -0.4 is 10.8 Å². The third-order valence-corrected chi connectivity index (χ3v) is 7.58. The van der Waals surface area contributed by atoms with Crippen LogP contribution in [-0.4, -0.2) is 77.6 Å². The van der Waals surface area contributed by atoms with Crippen molar-refractivity contribution in [1.29, 1.82) is 0 Å². The first-order valence-corrected chi connectivity index (χ1v) is 14.2. The number of oxime groups is 1. The number of nitrogens with one attached hydrogen (secondary N) is 2. The molecule has 13 nitrogen and oxygen atoms in total. The lowest BCUT2D eigenvalue weighted by atomic mass is 10.1. The van der Waals surface area contributed by atoms with E-state index in [0.717, 1.165) is 5.56 Å². The number of hydrogen-bond donors (Lipinski definition) is 3. The van der Waals surface area contributed by atoms with Crippen molar-refractivity contribution >= 4 is 55.4 Å². The summed E-state index contributed by atoms with van der Waals surface area (Å²) in [6.07, 6.45) is -3.90. The summed E-state index contributed by atoms with van der Waals surface area (Å²) in [7, 11) is -2.93. The predicted molar refractivity (Wildman–Crippen MR) is 143 cm³/mol. The zero-order chi connectivity index (χ0) is 30.9. The Morgan fingerprint density at radius 1 is 1.14 bits per heavy atom. The van der Waals surface area contributed by atoms with E-state index in [1.165, 1.54) is 24.4 Å². The van der Waals surface area contributed by atoms with Gasteiger partial charge >= 0.3 is 12.1 Å². The van der Waals surface area contributed by atoms with Crippen molar-refractivity contribution in [2.45, 2.75) is 12.7 Å². The molecule has 2 aromatic carbocycles. The van der Waals surface area contributed by atoms with Gasteiger partial charge in [0, 0.05) is 25.2 Å². The number of hydrogen-bond acceptors (Lipinski definition) is 11. The molecule has 1 amide bonds. The Balaban J connectivity index is 0.000000616. The molecular weight excluding hydrogens is 660 g/mol. The molecule has 0 saturated carbocycles. The zero-order valence-electron chi connectivity index (χ0n) is 21.1. The van der Waals surface area contributed by atoms with E-state index in [1.54, 1.807) is 12.1 Å². The van der Waals surface area contributed by atoms with E-state index in [0.29, 0.717) is 30.9 Å². The van der Waals surface area contributed by atoms with Gasteiger partial charge in [-0.3, -0.25) is 14.6 Å². The summed E-state index contributed by atoms with van der Waals surface area (Å²) < 4.78 is 73.0. The van der Waals surface area contributed by atoms with Crippen LogP contribution >= 0.6 is 15.9 Å². The molecule has 19 heteroatoms. The van der Waals surface area contributed by atoms with Gasteiger partial charge in [-0.15, -0.1) is 0 Å². The van der Waals surface area contributed by atoms with Gasteiger partial charge in [-0.25, -0.2) is 22.2 Å². The second-order valence-electron chi connectivity index (χ2n) is 8.44. The molecule has 1 aliphatic heterocycles. The Morgan fingerprint density at radius 3 is 2.38 bits per heavy atom. The molecule has 1 fully saturated rings. The van der Waals surface area contributed by atoms with Gasteiger partial charge in [0.2, 0.25) is 5.82 Å². The standard InChI is InChI=1S/C21H20BrFN6O5S.C2HF3O2/c22-17-11-16(5-6-18(17)23)26-33-24-12-19-20(28-34-27-19)25-21(30)15-3-1-14(2-4-15)13-29-7-9-35(31,32)10-8-29;3-2(4,5)1(6)7/h1-6,11-12,26H,7-10,13H2,(H,25,28,30);(H,6,7)/b24-12+;. The third-order valence-electron chi connectivity index (χ3n) is 5.36. The Morgan fingerprint density at radius 2 is 1.79 bits per heavy atom. The van der Waals surface area contributed by atoms with Crippen LogP contribution in [0.5, 0.6) is 0 Å². The van der Waals surface area contributed by atoms with Gasteiger partial charge < -0.3 is 10.4 Å². The minimum absolute atomic E-state index is 0.0467. The fourth-order valence-electron chi connectivity index (χ4n) is 3.19. The van der Waals surface area contributed by atoms with Gasteiger partial charge in [0.15, 0.2) is 15.5 Å². The molecule has 0 radical (unpaired) electrons. The fourth-order valence-corrected chi connectivity index (χ4v) is 4.85. The third kappa shape index (κ3) is 10.1. The van der Waals surface area contributed by atoms with E-state index in [9.17, 15) is 30.8 Å². The maximum atomic E-state index is 13.3. The average Bonchev–Trinajstić information content (AvgIpc) is 3.36. The number of sulfone groups is 1. The SMILES string of the molecule is O=C(Nc1nonc1/C=N/ONc1ccc(F)c(Br)c1)c1ccc(CN2CCS(=O)(=O)CC2)cc1.O=C(O)C(F)(F)F. The van der Waals surface area contributed by atoms with Crippen molar-refractivity contribution in [1.82, 2.24) is 15.2 Å². The lowest BCUT2D eigenvalue weighted by molar-refractivity contribution is -0.192. The number of carboxylic acids is 1. The van der Waals surface area contributed by atoms with E-state index >= 15 is 0 Å². The molecule has 3 N–H and O–H groups in total. The number of carboxylic acid groups (broad SMARTS) is 1. The molecule has 0 unspecified atom stereocenters. The minimum Gasteiger partial charge on any atom is -0.475 e. The molecule has 1 aliphatic rings. The number of anilines is 2. The molecular formula is C23H21BrF4N6O7S. The van der Waals surface area contributed by atoms with Crippen molar-refractivity contribution in [3.63, 3.8) is 0 Å². The lowest BCUT2D eigenvalue weighted by Gasteiger charge is -2.26. The van der Waals surface area contributed by atoms with Gasteiger partial charge in [-0.05, 0) is 62.1 Å². The summed E-state index contributed by atoms with van der Waals surface area (Å²) in [4.78, 5) is 28.5. The quantitative estimate of drug-likeness (QED) is 0.180. The van der Waals surface area contributed by atoms with Crippen molar-refractivity contribution in [3.05, 3.63) is 69.6 Å². The van der Waals surface area contributed by atoms with Crippen LogP contribution in [0, 0.1) is 5.82 Å². The van der Waals surface area contributed by atoms with Crippen LogP contribution in [0.25, 0.3) is 0 Å². The van der Waals surface area contributed by atoms with E-state index in [-0.39, 0.29) is 27.5 Å². The summed E-state index contributed by atoms with van der Waals surface area (Å²) in [5, 5.41) is 20.7. The van der Waals surface area contributed by atoms with Gasteiger partial charge in [0.05, 0.1) is 21.7 Å². The molecule has 3 aromatic rings. The number of halogens is 5. The van der Waals surface area contributed by atoms with Crippen LogP contribution in [0.2, 0.25) is 0 Å². The van der Waals surface area contributed by atoms with E-state index in [1.807, 2.05) is 12.1 Å². The number of aliphatic carboxylic acids is 1. The van der Waals surface area contributed by atoms with Crippen LogP contribution in [0.1, 0.15) is 21.6 Å². The number of carbonyl (C=O) groups excluding carboxylic acids is 1. The lowest BCUT2D eigenvalue weighted by Crippen LogP contribution is -2.39. The maximum Gasteiger partial charge on any atom is 0.490 e. The van der Waals surface area contributed by atoms with Crippen LogP contribution in [0.3, 0.4) is 0 Å². The largest absolute Gasteiger partial charge is 0.490 e. The van der Waals surface area contributed by atoms with Crippen LogP contribution in [0.15, 0.2) is 56.7 Å². The number of nitrogens with zero attached hydrogens (tertiary/aromatic N) is 4. The van der Waals surface area contributed by atoms with Crippen LogP contribution in [-0.2, 0) is 26.1 Å². The number of carbonyl (C=O) groups is 2. The molecule has 0 aliphatic carbocycles. The van der Waals surface area contributed by atoms with Crippen molar-refractivity contribution in [3.8, 4) is 0 Å². The number of amides is 1. The highest BCUT2D eigenvalue weighted by atomic mass is 79.9. The Labute approximate surface area is 243 Å². The first kappa shape index (κ1) is 32.4. The molecule has 0 spiro atoms. The maximum absolute atomic E-state index is 13.3. The highest BCUT2D eigenvalue weighted by Crippen LogP contribution is 2.20. The summed E-state index contributed by atoms with van der Waals surface area (Å²) in [5.74, 6) is -3.23. The first-order chi connectivity index (χ1) is 19.7. The van der Waals surface area contributed by atoms with E-state index in [2.05, 4.69) is 51.7 Å². The second-order valence-corrected chi connectivity index (χ2v) is 11.6. The summed E-state index contributed by atoms with van der Waals surface area (Å²) in [6, 6.07) is 11.1. The highest BCUT2D eigenvalue weighted by Gasteiger charge is 2.38. The monoisotopic (exact) mass is 680 g/mol. The number of rotatable bonds is 8. The van der Waals surface area contributed by atoms with E-state index in [4.69, 9.17) is 14.8 Å². The molecule has 1 saturated heterocycles. The number of aromatic nitrogens is 2. The molecule has 0 bridgehead atoms. The molecule has 2 heterocycles. The van der Waals surface area contributed by atoms with Gasteiger partial charge in [0.25, 0.3) is 5.91 Å². The summed E-state index contributed by atoms with van der Waals surface area (Å²) >= 11 is 3.07. The Hall–Kier alpha value is -4.10. The van der Waals surface area contributed by atoms with Crippen LogP contribution in [0.4, 0.5) is 29.1 Å². The van der Waals surface area contributed by atoms with E-state index < -0.39 is 33.7 Å². The van der Waals surface area contributed by atoms with Gasteiger partial charge in [-0.2, -0.15) is 18.7 Å². The van der Waals surface area contributed by atoms with Gasteiger partial charge in [-0.1, -0.05) is 17.3 Å². The summed E-state index contributed by atoms with van der Waals surface area (Å²) in [6.45, 7) is 1.59. The smallest absolute Gasteiger partial charge is 0.475 e. The second kappa shape index (κ2) is 14.2. The predicted octanol–water partition coefficient (Wildman–Crippen LogP) is 3.46. The minimum atomic E-state index is -5.08. The topological polar surface area (TPSA) is 176 Å². The Kier molecular flexibility index (Phi) is 10.9. The first-order valence-electron chi connectivity index (χ1n) is 11.6. The average molecular weight is 681 g/mol.